The second kappa shape index (κ2) is 9.69. The van der Waals surface area contributed by atoms with Crippen molar-refractivity contribution >= 4 is 23.0 Å². The number of hydrogen-bond donors (Lipinski definition) is 2. The third-order valence-corrected chi connectivity index (χ3v) is 3.93. The van der Waals surface area contributed by atoms with Gasteiger partial charge in [-0.05, 0) is 60.6 Å². The monoisotopic (exact) mass is 356 g/mol. The minimum Gasteiger partial charge on any atom is -0.497 e. The SMILES string of the molecule is C=CCOc1ccc(NC(=S)NC(CC)c2ccc(OC)cc2)cc1. The molecule has 0 heterocycles. The molecule has 25 heavy (non-hydrogen) atoms. The van der Waals surface area contributed by atoms with E-state index in [1.165, 1.54) is 5.56 Å². The van der Waals surface area contributed by atoms with Crippen LogP contribution >= 0.6 is 12.2 Å². The normalized spacial score (nSPS) is 11.3. The molecule has 0 fully saturated rings. The number of ether oxygens (including phenoxy) is 2. The lowest BCUT2D eigenvalue weighted by Crippen LogP contribution is -2.32. The van der Waals surface area contributed by atoms with Gasteiger partial charge in [0.1, 0.15) is 18.1 Å². The molecular formula is C20H24N2O2S. The number of benzene rings is 2. The molecule has 0 amide bonds. The summed E-state index contributed by atoms with van der Waals surface area (Å²) in [5.74, 6) is 1.65. The molecule has 0 spiro atoms. The van der Waals surface area contributed by atoms with E-state index >= 15 is 0 Å². The van der Waals surface area contributed by atoms with Crippen LogP contribution in [0.1, 0.15) is 24.9 Å². The molecule has 0 radical (unpaired) electrons. The molecule has 0 bridgehead atoms. The number of rotatable bonds is 8. The zero-order chi connectivity index (χ0) is 18.1. The van der Waals surface area contributed by atoms with E-state index in [0.29, 0.717) is 11.7 Å². The van der Waals surface area contributed by atoms with Crippen LogP contribution in [0.5, 0.6) is 11.5 Å². The molecule has 0 aliphatic heterocycles. The maximum absolute atomic E-state index is 5.47. The van der Waals surface area contributed by atoms with Gasteiger partial charge in [0, 0.05) is 5.69 Å². The first-order valence-electron chi connectivity index (χ1n) is 8.21. The summed E-state index contributed by atoms with van der Waals surface area (Å²) in [5, 5.41) is 7.14. The van der Waals surface area contributed by atoms with Crippen molar-refractivity contribution in [3.63, 3.8) is 0 Å². The van der Waals surface area contributed by atoms with Crippen LogP contribution in [0.2, 0.25) is 0 Å². The molecule has 2 aromatic rings. The van der Waals surface area contributed by atoms with Gasteiger partial charge >= 0.3 is 0 Å². The minimum absolute atomic E-state index is 0.140. The standard InChI is InChI=1S/C20H24N2O2S/c1-4-14-24-18-12-8-16(9-13-18)21-20(25)22-19(5-2)15-6-10-17(23-3)11-7-15/h4,6-13,19H,1,5,14H2,2-3H3,(H2,21,22,25). The highest BCUT2D eigenvalue weighted by Gasteiger charge is 2.11. The average Bonchev–Trinajstić information content (AvgIpc) is 2.65. The molecule has 0 saturated heterocycles. The molecule has 1 atom stereocenters. The van der Waals surface area contributed by atoms with Crippen LogP contribution in [-0.2, 0) is 0 Å². The molecule has 2 aromatic carbocycles. The van der Waals surface area contributed by atoms with Gasteiger partial charge in [-0.3, -0.25) is 0 Å². The van der Waals surface area contributed by atoms with Gasteiger partial charge in [0.05, 0.1) is 13.2 Å². The Hall–Kier alpha value is -2.53. The topological polar surface area (TPSA) is 42.5 Å². The molecular weight excluding hydrogens is 332 g/mol. The minimum atomic E-state index is 0.140. The Kier molecular flexibility index (Phi) is 7.29. The Morgan fingerprint density at radius 3 is 2.32 bits per heavy atom. The fraction of sp³-hybridized carbons (Fsp3) is 0.250. The molecule has 2 N–H and O–H groups in total. The van der Waals surface area contributed by atoms with E-state index in [1.807, 2.05) is 48.5 Å². The summed E-state index contributed by atoms with van der Waals surface area (Å²) in [6.07, 6.45) is 2.64. The van der Waals surface area contributed by atoms with Gasteiger partial charge in [-0.2, -0.15) is 0 Å². The molecule has 0 aliphatic carbocycles. The first-order chi connectivity index (χ1) is 12.2. The summed E-state index contributed by atoms with van der Waals surface area (Å²) in [6, 6.07) is 15.8. The van der Waals surface area contributed by atoms with E-state index in [1.54, 1.807) is 13.2 Å². The first-order valence-corrected chi connectivity index (χ1v) is 8.62. The second-order valence-electron chi connectivity index (χ2n) is 5.46. The van der Waals surface area contributed by atoms with Gasteiger partial charge in [-0.15, -0.1) is 0 Å². The van der Waals surface area contributed by atoms with E-state index in [4.69, 9.17) is 21.7 Å². The lowest BCUT2D eigenvalue weighted by Gasteiger charge is -2.20. The van der Waals surface area contributed by atoms with Crippen molar-refractivity contribution in [2.24, 2.45) is 0 Å². The van der Waals surface area contributed by atoms with Gasteiger partial charge in [-0.25, -0.2) is 0 Å². The summed E-state index contributed by atoms with van der Waals surface area (Å²) < 4.78 is 10.7. The molecule has 1 unspecified atom stereocenters. The van der Waals surface area contributed by atoms with Crippen LogP contribution in [0, 0.1) is 0 Å². The van der Waals surface area contributed by atoms with E-state index in [0.717, 1.165) is 23.6 Å². The number of anilines is 1. The van der Waals surface area contributed by atoms with Crippen LogP contribution in [-0.4, -0.2) is 18.8 Å². The molecule has 0 saturated carbocycles. The molecule has 4 nitrogen and oxygen atoms in total. The van der Waals surface area contributed by atoms with Crippen LogP contribution in [0.15, 0.2) is 61.2 Å². The highest BCUT2D eigenvalue weighted by molar-refractivity contribution is 7.80. The summed E-state index contributed by atoms with van der Waals surface area (Å²) in [7, 11) is 1.66. The van der Waals surface area contributed by atoms with Crippen molar-refractivity contribution in [3.8, 4) is 11.5 Å². The predicted molar refractivity (Wildman–Crippen MR) is 108 cm³/mol. The smallest absolute Gasteiger partial charge is 0.171 e. The van der Waals surface area contributed by atoms with Gasteiger partial charge in [0.2, 0.25) is 0 Å². The Morgan fingerprint density at radius 1 is 1.12 bits per heavy atom. The van der Waals surface area contributed by atoms with Gasteiger partial charge in [0.15, 0.2) is 5.11 Å². The number of nitrogens with one attached hydrogen (secondary N) is 2. The molecule has 2 rings (SSSR count). The fourth-order valence-corrected chi connectivity index (χ4v) is 2.63. The predicted octanol–water partition coefficient (Wildman–Crippen LogP) is 4.70. The fourth-order valence-electron chi connectivity index (χ4n) is 2.37. The zero-order valence-corrected chi connectivity index (χ0v) is 15.4. The average molecular weight is 356 g/mol. The van der Waals surface area contributed by atoms with Crippen molar-refractivity contribution in [1.29, 1.82) is 0 Å². The quantitative estimate of drug-likeness (QED) is 0.530. The first kappa shape index (κ1) is 18.8. The second-order valence-corrected chi connectivity index (χ2v) is 5.86. The van der Waals surface area contributed by atoms with Gasteiger partial charge in [-0.1, -0.05) is 31.7 Å². The summed E-state index contributed by atoms with van der Waals surface area (Å²) >= 11 is 5.44. The van der Waals surface area contributed by atoms with Crippen molar-refractivity contribution in [1.82, 2.24) is 5.32 Å². The van der Waals surface area contributed by atoms with Crippen LogP contribution in [0.3, 0.4) is 0 Å². The largest absolute Gasteiger partial charge is 0.497 e. The van der Waals surface area contributed by atoms with E-state index in [2.05, 4.69) is 24.1 Å². The Bertz CT molecular complexity index is 684. The molecule has 5 heteroatoms. The van der Waals surface area contributed by atoms with Crippen LogP contribution in [0.4, 0.5) is 5.69 Å². The Labute approximate surface area is 154 Å². The van der Waals surface area contributed by atoms with Crippen molar-refractivity contribution in [2.45, 2.75) is 19.4 Å². The zero-order valence-electron chi connectivity index (χ0n) is 14.6. The molecule has 0 aliphatic rings. The van der Waals surface area contributed by atoms with E-state index in [9.17, 15) is 0 Å². The highest BCUT2D eigenvalue weighted by atomic mass is 32.1. The molecule has 132 valence electrons. The van der Waals surface area contributed by atoms with Crippen molar-refractivity contribution in [3.05, 3.63) is 66.7 Å². The van der Waals surface area contributed by atoms with Gasteiger partial charge in [0.25, 0.3) is 0 Å². The number of thiocarbonyl (C=S) groups is 1. The summed E-state index contributed by atoms with van der Waals surface area (Å²) in [6.45, 7) is 6.25. The maximum Gasteiger partial charge on any atom is 0.171 e. The van der Waals surface area contributed by atoms with Gasteiger partial charge < -0.3 is 20.1 Å². The third-order valence-electron chi connectivity index (χ3n) is 3.71. The van der Waals surface area contributed by atoms with Crippen molar-refractivity contribution in [2.75, 3.05) is 19.0 Å². The number of methoxy groups -OCH3 is 1. The summed E-state index contributed by atoms with van der Waals surface area (Å²) in [4.78, 5) is 0. The van der Waals surface area contributed by atoms with E-state index < -0.39 is 0 Å². The van der Waals surface area contributed by atoms with Crippen molar-refractivity contribution < 1.29 is 9.47 Å². The third kappa shape index (κ3) is 5.80. The summed E-state index contributed by atoms with van der Waals surface area (Å²) in [5.41, 5.74) is 2.08. The lowest BCUT2D eigenvalue weighted by molar-refractivity contribution is 0.363. The number of hydrogen-bond acceptors (Lipinski definition) is 3. The molecule has 0 aromatic heterocycles. The van der Waals surface area contributed by atoms with Crippen LogP contribution < -0.4 is 20.1 Å². The Morgan fingerprint density at radius 2 is 1.76 bits per heavy atom. The maximum atomic E-state index is 5.47. The van der Waals surface area contributed by atoms with Crippen LogP contribution in [0.25, 0.3) is 0 Å². The highest BCUT2D eigenvalue weighted by Crippen LogP contribution is 2.21. The van der Waals surface area contributed by atoms with E-state index in [-0.39, 0.29) is 6.04 Å². The lowest BCUT2D eigenvalue weighted by atomic mass is 10.0. The Balaban J connectivity index is 1.93.